The standard InChI is InChI=1S/C28H29N5O/c1-19(2)33-24(13-8-20-14-16-30-17-15-20)25(26-27(29)31-18-32-28(26)33)21-9-11-23(12-10-21)34-22-6-4-3-5-7-22/h3-7,9-12,18-20,30H,14-17H2,1-2H3,(H2,29,31,32). The first-order valence-electron chi connectivity index (χ1n) is 11.8. The van der Waals surface area contributed by atoms with Gasteiger partial charge in [0, 0.05) is 17.5 Å². The number of aromatic nitrogens is 3. The summed E-state index contributed by atoms with van der Waals surface area (Å²) in [5.41, 5.74) is 10.2. The molecule has 0 amide bonds. The summed E-state index contributed by atoms with van der Waals surface area (Å²) < 4.78 is 8.18. The number of fused-ring (bicyclic) bond motifs is 1. The van der Waals surface area contributed by atoms with E-state index in [4.69, 9.17) is 10.5 Å². The minimum absolute atomic E-state index is 0.170. The van der Waals surface area contributed by atoms with E-state index in [1.165, 1.54) is 6.33 Å². The van der Waals surface area contributed by atoms with Crippen LogP contribution in [0.5, 0.6) is 11.5 Å². The Kier molecular flexibility index (Phi) is 6.20. The molecule has 3 N–H and O–H groups in total. The van der Waals surface area contributed by atoms with E-state index in [0.717, 1.165) is 65.3 Å². The van der Waals surface area contributed by atoms with Crippen LogP contribution in [0.2, 0.25) is 0 Å². The molecular formula is C28H29N5O. The highest BCUT2D eigenvalue weighted by Crippen LogP contribution is 2.39. The van der Waals surface area contributed by atoms with Crippen molar-refractivity contribution in [3.8, 4) is 34.5 Å². The fraction of sp³-hybridized carbons (Fsp3) is 0.286. The zero-order chi connectivity index (χ0) is 23.5. The second kappa shape index (κ2) is 9.58. The molecule has 0 bridgehead atoms. The van der Waals surface area contributed by atoms with Crippen molar-refractivity contribution in [3.05, 3.63) is 66.6 Å². The van der Waals surface area contributed by atoms with Gasteiger partial charge in [-0.15, -0.1) is 0 Å². The molecule has 0 atom stereocenters. The van der Waals surface area contributed by atoms with Crippen molar-refractivity contribution in [1.29, 1.82) is 0 Å². The van der Waals surface area contributed by atoms with E-state index >= 15 is 0 Å². The van der Waals surface area contributed by atoms with E-state index in [-0.39, 0.29) is 6.04 Å². The van der Waals surface area contributed by atoms with Gasteiger partial charge in [-0.1, -0.05) is 36.3 Å². The zero-order valence-electron chi connectivity index (χ0n) is 19.6. The van der Waals surface area contributed by atoms with Crippen molar-refractivity contribution in [3.63, 3.8) is 0 Å². The summed E-state index contributed by atoms with van der Waals surface area (Å²) in [5, 5.41) is 4.26. The number of piperidine rings is 1. The lowest BCUT2D eigenvalue weighted by atomic mass is 9.98. The van der Waals surface area contributed by atoms with Crippen molar-refractivity contribution in [1.82, 2.24) is 19.9 Å². The first-order chi connectivity index (χ1) is 16.6. The smallest absolute Gasteiger partial charge is 0.147 e. The predicted octanol–water partition coefficient (Wildman–Crippen LogP) is 5.40. The van der Waals surface area contributed by atoms with Crippen LogP contribution in [0.1, 0.15) is 38.4 Å². The number of rotatable bonds is 4. The van der Waals surface area contributed by atoms with E-state index in [0.29, 0.717) is 11.7 Å². The molecule has 0 spiro atoms. The molecule has 4 aromatic rings. The van der Waals surface area contributed by atoms with E-state index < -0.39 is 0 Å². The number of para-hydroxylation sites is 1. The largest absolute Gasteiger partial charge is 0.457 e. The summed E-state index contributed by atoms with van der Waals surface area (Å²) in [6.45, 7) is 6.32. The molecule has 2 aromatic carbocycles. The van der Waals surface area contributed by atoms with Crippen LogP contribution in [0.3, 0.4) is 0 Å². The van der Waals surface area contributed by atoms with Gasteiger partial charge in [0.1, 0.15) is 35.0 Å². The Morgan fingerprint density at radius 2 is 1.71 bits per heavy atom. The van der Waals surface area contributed by atoms with Crippen molar-refractivity contribution in [2.45, 2.75) is 32.7 Å². The lowest BCUT2D eigenvalue weighted by molar-refractivity contribution is 0.447. The molecule has 1 aliphatic rings. The highest BCUT2D eigenvalue weighted by molar-refractivity contribution is 6.03. The van der Waals surface area contributed by atoms with E-state index in [2.05, 4.69) is 57.7 Å². The van der Waals surface area contributed by atoms with Gasteiger partial charge in [0.25, 0.3) is 0 Å². The number of ether oxygens (including phenoxy) is 1. The minimum Gasteiger partial charge on any atom is -0.457 e. The third kappa shape index (κ3) is 4.35. The summed E-state index contributed by atoms with van der Waals surface area (Å²) in [7, 11) is 0. The number of nitrogens with one attached hydrogen (secondary N) is 1. The van der Waals surface area contributed by atoms with Crippen molar-refractivity contribution in [2.75, 3.05) is 18.8 Å². The van der Waals surface area contributed by atoms with Crippen LogP contribution in [0.25, 0.3) is 22.2 Å². The topological polar surface area (TPSA) is 78.0 Å². The zero-order valence-corrected chi connectivity index (χ0v) is 19.6. The Balaban J connectivity index is 1.62. The molecule has 5 rings (SSSR count). The maximum absolute atomic E-state index is 6.40. The molecule has 6 nitrogen and oxygen atoms in total. The lowest BCUT2D eigenvalue weighted by Crippen LogP contribution is -2.27. The van der Waals surface area contributed by atoms with Crippen molar-refractivity contribution >= 4 is 16.9 Å². The van der Waals surface area contributed by atoms with Gasteiger partial charge < -0.3 is 20.4 Å². The Bertz CT molecular complexity index is 1340. The monoisotopic (exact) mass is 451 g/mol. The van der Waals surface area contributed by atoms with Gasteiger partial charge in [0.15, 0.2) is 0 Å². The van der Waals surface area contributed by atoms with Crippen LogP contribution >= 0.6 is 0 Å². The highest BCUT2D eigenvalue weighted by atomic mass is 16.5. The van der Waals surface area contributed by atoms with E-state index in [1.807, 2.05) is 42.5 Å². The van der Waals surface area contributed by atoms with Crippen molar-refractivity contribution < 1.29 is 4.74 Å². The van der Waals surface area contributed by atoms with Gasteiger partial charge in [-0.25, -0.2) is 9.97 Å². The molecule has 1 fully saturated rings. The Hall–Kier alpha value is -3.82. The molecule has 2 aromatic heterocycles. The third-order valence-corrected chi connectivity index (χ3v) is 6.18. The summed E-state index contributed by atoms with van der Waals surface area (Å²) in [6.07, 6.45) is 3.66. The molecule has 3 heterocycles. The number of nitrogens with zero attached hydrogens (tertiary/aromatic N) is 3. The van der Waals surface area contributed by atoms with Gasteiger partial charge in [0.2, 0.25) is 0 Å². The molecule has 172 valence electrons. The van der Waals surface area contributed by atoms with Gasteiger partial charge in [-0.3, -0.25) is 0 Å². The quantitative estimate of drug-likeness (QED) is 0.406. The lowest BCUT2D eigenvalue weighted by Gasteiger charge is -2.17. The first-order valence-corrected chi connectivity index (χ1v) is 11.8. The van der Waals surface area contributed by atoms with Gasteiger partial charge >= 0.3 is 0 Å². The van der Waals surface area contributed by atoms with Gasteiger partial charge in [-0.2, -0.15) is 0 Å². The third-order valence-electron chi connectivity index (χ3n) is 6.18. The fourth-order valence-electron chi connectivity index (χ4n) is 4.51. The Morgan fingerprint density at radius 1 is 1.00 bits per heavy atom. The number of hydrogen-bond acceptors (Lipinski definition) is 5. The SMILES string of the molecule is CC(C)n1c(C#CC2CCNCC2)c(-c2ccc(Oc3ccccc3)cc2)c2c(N)ncnc21. The molecule has 34 heavy (non-hydrogen) atoms. The van der Waals surface area contributed by atoms with E-state index in [9.17, 15) is 0 Å². The Labute approximate surface area is 200 Å². The summed E-state index contributed by atoms with van der Waals surface area (Å²) >= 11 is 0. The van der Waals surface area contributed by atoms with Crippen LogP contribution in [0, 0.1) is 17.8 Å². The molecule has 0 radical (unpaired) electrons. The van der Waals surface area contributed by atoms with Crippen LogP contribution in [-0.2, 0) is 0 Å². The number of nitrogen functional groups attached to an aromatic ring is 1. The van der Waals surface area contributed by atoms with E-state index in [1.54, 1.807) is 0 Å². The summed E-state index contributed by atoms with van der Waals surface area (Å²) in [4.78, 5) is 8.91. The molecular weight excluding hydrogens is 422 g/mol. The van der Waals surface area contributed by atoms with Crippen LogP contribution in [-0.4, -0.2) is 27.6 Å². The average molecular weight is 452 g/mol. The normalized spacial score (nSPS) is 14.2. The maximum Gasteiger partial charge on any atom is 0.147 e. The van der Waals surface area contributed by atoms with Crippen molar-refractivity contribution in [2.24, 2.45) is 5.92 Å². The average Bonchev–Trinajstić information content (AvgIpc) is 3.20. The molecule has 0 unspecified atom stereocenters. The van der Waals surface area contributed by atoms with Gasteiger partial charge in [0.05, 0.1) is 5.39 Å². The minimum atomic E-state index is 0.170. The predicted molar refractivity (Wildman–Crippen MR) is 137 cm³/mol. The maximum atomic E-state index is 6.40. The molecule has 6 heteroatoms. The van der Waals surface area contributed by atoms with Crippen LogP contribution < -0.4 is 15.8 Å². The molecule has 0 saturated carbocycles. The molecule has 0 aliphatic carbocycles. The van der Waals surface area contributed by atoms with Gasteiger partial charge in [-0.05, 0) is 75.5 Å². The fourth-order valence-corrected chi connectivity index (χ4v) is 4.51. The second-order valence-corrected chi connectivity index (χ2v) is 8.88. The number of benzene rings is 2. The molecule has 1 saturated heterocycles. The number of nitrogens with two attached hydrogens (primary N) is 1. The summed E-state index contributed by atoms with van der Waals surface area (Å²) in [5.74, 6) is 9.51. The molecule has 1 aliphatic heterocycles. The summed E-state index contributed by atoms with van der Waals surface area (Å²) in [6, 6.07) is 18.0. The number of hydrogen-bond donors (Lipinski definition) is 2. The van der Waals surface area contributed by atoms with Crippen LogP contribution in [0.15, 0.2) is 60.9 Å². The van der Waals surface area contributed by atoms with Crippen LogP contribution in [0.4, 0.5) is 5.82 Å². The Morgan fingerprint density at radius 3 is 2.41 bits per heavy atom. The first kappa shape index (κ1) is 22.0. The highest BCUT2D eigenvalue weighted by Gasteiger charge is 2.23. The number of anilines is 1. The second-order valence-electron chi connectivity index (χ2n) is 8.88.